The van der Waals surface area contributed by atoms with E-state index in [1.54, 1.807) is 6.07 Å². The van der Waals surface area contributed by atoms with Crippen molar-refractivity contribution < 1.29 is 18.0 Å². The molecular weight excluding hydrogens is 461 g/mol. The fourth-order valence-electron chi connectivity index (χ4n) is 6.02. The lowest BCUT2D eigenvalue weighted by Gasteiger charge is -2.24. The van der Waals surface area contributed by atoms with E-state index >= 15 is 0 Å². The Morgan fingerprint density at radius 2 is 1.56 bits per heavy atom. The lowest BCUT2D eigenvalue weighted by Crippen LogP contribution is -2.40. The third-order valence-electron chi connectivity index (χ3n) is 7.73. The smallest absolute Gasteiger partial charge is 0.353 e. The van der Waals surface area contributed by atoms with Gasteiger partial charge >= 0.3 is 6.18 Å². The molecule has 1 N–H and O–H groups in total. The summed E-state index contributed by atoms with van der Waals surface area (Å²) in [7, 11) is 0. The van der Waals surface area contributed by atoms with Crippen LogP contribution < -0.4 is 5.32 Å². The molecule has 1 heterocycles. The number of halogens is 3. The number of alkyl halides is 3. The first-order valence-corrected chi connectivity index (χ1v) is 12.6. The molecule has 0 bridgehead atoms. The molecule has 1 saturated heterocycles. The van der Waals surface area contributed by atoms with E-state index in [-0.39, 0.29) is 17.9 Å². The number of nitrogens with one attached hydrogen (secondary N) is 1. The molecule has 0 spiro atoms. The van der Waals surface area contributed by atoms with Gasteiger partial charge in [-0.3, -0.25) is 9.69 Å². The second-order valence-corrected chi connectivity index (χ2v) is 10.1. The van der Waals surface area contributed by atoms with Crippen LogP contribution in [0.25, 0.3) is 0 Å². The zero-order valence-corrected chi connectivity index (χ0v) is 20.1. The average Bonchev–Trinajstić information content (AvgIpc) is 3.44. The quantitative estimate of drug-likeness (QED) is 0.423. The fourth-order valence-corrected chi connectivity index (χ4v) is 6.02. The van der Waals surface area contributed by atoms with E-state index in [1.165, 1.54) is 12.1 Å². The van der Waals surface area contributed by atoms with Gasteiger partial charge in [-0.25, -0.2) is 0 Å². The second-order valence-electron chi connectivity index (χ2n) is 10.1. The standard InChI is InChI=1S/C30H31F3N2O/c31-30(32,33)25-13-7-8-21(16-25)18-35-19-24-14-15-28(27(24)20-35)34-29(36)17-26(22-9-3-1-4-10-22)23-11-5-2-6-12-23/h1-13,16,24,26-28H,14-15,17-20H2,(H,34,36)/t24-,27-,28+/m1/s1. The average molecular weight is 493 g/mol. The van der Waals surface area contributed by atoms with Gasteiger partial charge in [-0.05, 0) is 47.4 Å². The Morgan fingerprint density at radius 1 is 0.889 bits per heavy atom. The van der Waals surface area contributed by atoms with Crippen LogP contribution in [0.3, 0.4) is 0 Å². The number of rotatable bonds is 7. The van der Waals surface area contributed by atoms with Crippen molar-refractivity contribution in [1.29, 1.82) is 0 Å². The lowest BCUT2D eigenvalue weighted by molar-refractivity contribution is -0.137. The van der Waals surface area contributed by atoms with Crippen LogP contribution in [0, 0.1) is 11.8 Å². The highest BCUT2D eigenvalue weighted by atomic mass is 19.4. The summed E-state index contributed by atoms with van der Waals surface area (Å²) in [5, 5.41) is 3.32. The van der Waals surface area contributed by atoms with Crippen molar-refractivity contribution in [3.8, 4) is 0 Å². The van der Waals surface area contributed by atoms with Gasteiger partial charge in [0, 0.05) is 38.0 Å². The Hall–Kier alpha value is -3.12. The summed E-state index contributed by atoms with van der Waals surface area (Å²) in [4.78, 5) is 15.5. The summed E-state index contributed by atoms with van der Waals surface area (Å²) >= 11 is 0. The van der Waals surface area contributed by atoms with Gasteiger partial charge in [-0.15, -0.1) is 0 Å². The van der Waals surface area contributed by atoms with E-state index in [0.29, 0.717) is 30.4 Å². The third kappa shape index (κ3) is 5.65. The first-order valence-electron chi connectivity index (χ1n) is 12.6. The molecule has 5 rings (SSSR count). The van der Waals surface area contributed by atoms with E-state index in [1.807, 2.05) is 36.4 Å². The Labute approximate surface area is 210 Å². The molecule has 1 aliphatic heterocycles. The highest BCUT2D eigenvalue weighted by Gasteiger charge is 2.43. The van der Waals surface area contributed by atoms with Gasteiger partial charge in [0.05, 0.1) is 5.56 Å². The van der Waals surface area contributed by atoms with Gasteiger partial charge in [0.1, 0.15) is 0 Å². The summed E-state index contributed by atoms with van der Waals surface area (Å²) in [5.74, 6) is 0.854. The van der Waals surface area contributed by atoms with Gasteiger partial charge in [-0.1, -0.05) is 78.9 Å². The topological polar surface area (TPSA) is 32.3 Å². The van der Waals surface area contributed by atoms with Crippen molar-refractivity contribution in [2.75, 3.05) is 13.1 Å². The number of amides is 1. The number of carbonyl (C=O) groups is 1. The molecule has 0 aromatic heterocycles. The molecule has 3 atom stereocenters. The van der Waals surface area contributed by atoms with Crippen molar-refractivity contribution in [2.45, 2.75) is 43.9 Å². The number of nitrogens with zero attached hydrogens (tertiary/aromatic N) is 1. The van der Waals surface area contributed by atoms with Gasteiger partial charge in [0.2, 0.25) is 5.91 Å². The van der Waals surface area contributed by atoms with E-state index in [0.717, 1.165) is 43.1 Å². The van der Waals surface area contributed by atoms with Gasteiger partial charge in [0.25, 0.3) is 0 Å². The zero-order valence-electron chi connectivity index (χ0n) is 20.1. The Morgan fingerprint density at radius 3 is 2.19 bits per heavy atom. The minimum Gasteiger partial charge on any atom is -0.353 e. The van der Waals surface area contributed by atoms with E-state index in [4.69, 9.17) is 0 Å². The molecule has 36 heavy (non-hydrogen) atoms. The Kier molecular flexibility index (Phi) is 7.15. The zero-order chi connectivity index (χ0) is 25.1. The number of fused-ring (bicyclic) bond motifs is 1. The first-order chi connectivity index (χ1) is 17.4. The number of carbonyl (C=O) groups excluding carboxylic acids is 1. The van der Waals surface area contributed by atoms with E-state index < -0.39 is 11.7 Å². The van der Waals surface area contributed by atoms with Crippen LogP contribution in [-0.2, 0) is 17.5 Å². The molecule has 3 aromatic rings. The molecule has 2 aliphatic rings. The normalized spacial score (nSPS) is 22.1. The highest BCUT2D eigenvalue weighted by Crippen LogP contribution is 2.39. The minimum absolute atomic E-state index is 0.00872. The molecule has 0 radical (unpaired) electrons. The number of hydrogen-bond acceptors (Lipinski definition) is 2. The molecule has 3 aromatic carbocycles. The molecule has 6 heteroatoms. The second kappa shape index (κ2) is 10.5. The number of benzene rings is 3. The summed E-state index contributed by atoms with van der Waals surface area (Å²) in [6.45, 7) is 2.16. The van der Waals surface area contributed by atoms with Gasteiger partial charge < -0.3 is 5.32 Å². The molecule has 188 valence electrons. The van der Waals surface area contributed by atoms with Crippen molar-refractivity contribution in [3.63, 3.8) is 0 Å². The molecule has 1 amide bonds. The predicted octanol–water partition coefficient (Wildman–Crippen LogP) is 6.25. The van der Waals surface area contributed by atoms with Gasteiger partial charge in [0.15, 0.2) is 0 Å². The molecule has 2 fully saturated rings. The fraction of sp³-hybridized carbons (Fsp3) is 0.367. The largest absolute Gasteiger partial charge is 0.416 e. The third-order valence-corrected chi connectivity index (χ3v) is 7.73. The van der Waals surface area contributed by atoms with Crippen molar-refractivity contribution in [1.82, 2.24) is 10.2 Å². The van der Waals surface area contributed by atoms with Crippen molar-refractivity contribution >= 4 is 5.91 Å². The van der Waals surface area contributed by atoms with Gasteiger partial charge in [-0.2, -0.15) is 13.2 Å². The summed E-state index contributed by atoms with van der Waals surface area (Å²) in [6.07, 6.45) is -1.95. The van der Waals surface area contributed by atoms with Crippen LogP contribution in [0.1, 0.15) is 47.4 Å². The monoisotopic (exact) mass is 492 g/mol. The van der Waals surface area contributed by atoms with Crippen LogP contribution >= 0.6 is 0 Å². The van der Waals surface area contributed by atoms with Crippen LogP contribution in [0.15, 0.2) is 84.9 Å². The highest BCUT2D eigenvalue weighted by molar-refractivity contribution is 5.78. The van der Waals surface area contributed by atoms with Crippen molar-refractivity contribution in [3.05, 3.63) is 107 Å². The summed E-state index contributed by atoms with van der Waals surface area (Å²) < 4.78 is 39.3. The summed E-state index contributed by atoms with van der Waals surface area (Å²) in [5.41, 5.74) is 2.32. The summed E-state index contributed by atoms with van der Waals surface area (Å²) in [6, 6.07) is 26.0. The Bertz CT molecular complexity index is 1130. The minimum atomic E-state index is -4.33. The van der Waals surface area contributed by atoms with E-state index in [2.05, 4.69) is 34.5 Å². The maximum atomic E-state index is 13.2. The molecule has 0 unspecified atom stereocenters. The molecule has 1 aliphatic carbocycles. The van der Waals surface area contributed by atoms with Crippen LogP contribution in [0.2, 0.25) is 0 Å². The molecule has 1 saturated carbocycles. The number of hydrogen-bond donors (Lipinski definition) is 1. The predicted molar refractivity (Wildman–Crippen MR) is 134 cm³/mol. The van der Waals surface area contributed by atoms with Crippen LogP contribution in [-0.4, -0.2) is 29.9 Å². The molecular formula is C30H31F3N2O. The van der Waals surface area contributed by atoms with E-state index in [9.17, 15) is 18.0 Å². The molecule has 3 nitrogen and oxygen atoms in total. The first kappa shape index (κ1) is 24.6. The number of likely N-dealkylation sites (tertiary alicyclic amines) is 1. The van der Waals surface area contributed by atoms with Crippen molar-refractivity contribution in [2.24, 2.45) is 11.8 Å². The maximum absolute atomic E-state index is 13.2. The van der Waals surface area contributed by atoms with Crippen LogP contribution in [0.4, 0.5) is 13.2 Å². The SMILES string of the molecule is O=C(CC(c1ccccc1)c1ccccc1)N[C@H]1CC[C@@H]2CN(Cc3cccc(C(F)(F)F)c3)C[C@H]21. The Balaban J connectivity index is 1.21. The van der Waals surface area contributed by atoms with Crippen LogP contribution in [0.5, 0.6) is 0 Å². The maximum Gasteiger partial charge on any atom is 0.416 e. The lowest BCUT2D eigenvalue weighted by atomic mass is 9.88.